The first-order chi connectivity index (χ1) is 6.75. The van der Waals surface area contributed by atoms with Crippen LogP contribution in [0.4, 0.5) is 0 Å². The van der Waals surface area contributed by atoms with Gasteiger partial charge in [-0.2, -0.15) is 11.8 Å². The maximum absolute atomic E-state index is 3.77. The molecule has 0 radical (unpaired) electrons. The van der Waals surface area contributed by atoms with Crippen LogP contribution >= 0.6 is 27.7 Å². The molecule has 0 bridgehead atoms. The van der Waals surface area contributed by atoms with Crippen molar-refractivity contribution in [2.24, 2.45) is 5.92 Å². The van der Waals surface area contributed by atoms with Crippen LogP contribution in [-0.4, -0.2) is 12.0 Å². The molecule has 0 fully saturated rings. The van der Waals surface area contributed by atoms with E-state index < -0.39 is 0 Å². The van der Waals surface area contributed by atoms with Crippen molar-refractivity contribution in [3.05, 3.63) is 35.9 Å². The minimum absolute atomic E-state index is 0.496. The largest absolute Gasteiger partial charge is 0.165 e. The van der Waals surface area contributed by atoms with Gasteiger partial charge in [0.25, 0.3) is 0 Å². The molecule has 0 nitrogen and oxygen atoms in total. The summed E-state index contributed by atoms with van der Waals surface area (Å²) in [7, 11) is 0. The van der Waals surface area contributed by atoms with E-state index in [1.54, 1.807) is 0 Å². The van der Waals surface area contributed by atoms with E-state index in [2.05, 4.69) is 59.4 Å². The molecular formula is C12H17BrS. The Hall–Kier alpha value is 0.0500. The van der Waals surface area contributed by atoms with Crippen molar-refractivity contribution >= 4 is 27.7 Å². The van der Waals surface area contributed by atoms with Crippen LogP contribution in [0.5, 0.6) is 0 Å². The zero-order valence-corrected chi connectivity index (χ0v) is 11.1. The van der Waals surface area contributed by atoms with Crippen LogP contribution in [0, 0.1) is 5.92 Å². The highest BCUT2D eigenvalue weighted by molar-refractivity contribution is 9.09. The fourth-order valence-electron chi connectivity index (χ4n) is 1.42. The molecule has 0 aliphatic rings. The standard InChI is InChI=1S/C12H17BrS/c1-10(8-9-14-2)12(13)11-6-4-3-5-7-11/h3-7,10,12H,8-9H2,1-2H3. The summed E-state index contributed by atoms with van der Waals surface area (Å²) in [5.74, 6) is 1.95. The fourth-order valence-corrected chi connectivity index (χ4v) is 2.59. The SMILES string of the molecule is CSCCC(C)C(Br)c1ccccc1. The second kappa shape index (κ2) is 6.52. The lowest BCUT2D eigenvalue weighted by molar-refractivity contribution is 0.560. The molecule has 0 aromatic heterocycles. The van der Waals surface area contributed by atoms with Gasteiger partial charge in [-0.25, -0.2) is 0 Å². The Balaban J connectivity index is 2.52. The molecule has 2 unspecified atom stereocenters. The molecule has 2 heteroatoms. The summed E-state index contributed by atoms with van der Waals surface area (Å²) in [6, 6.07) is 10.6. The summed E-state index contributed by atoms with van der Waals surface area (Å²) in [6.45, 7) is 2.31. The third-order valence-electron chi connectivity index (χ3n) is 2.39. The smallest absolute Gasteiger partial charge is 0.0421 e. The molecule has 78 valence electrons. The molecule has 0 aliphatic carbocycles. The lowest BCUT2D eigenvalue weighted by Gasteiger charge is -2.18. The van der Waals surface area contributed by atoms with Gasteiger partial charge in [0.2, 0.25) is 0 Å². The number of halogens is 1. The van der Waals surface area contributed by atoms with Crippen LogP contribution in [0.1, 0.15) is 23.7 Å². The van der Waals surface area contributed by atoms with E-state index in [1.807, 2.05) is 11.8 Å². The van der Waals surface area contributed by atoms with Crippen LogP contribution < -0.4 is 0 Å². The molecular weight excluding hydrogens is 256 g/mol. The van der Waals surface area contributed by atoms with Gasteiger partial charge in [-0.15, -0.1) is 0 Å². The van der Waals surface area contributed by atoms with E-state index in [0.29, 0.717) is 10.7 Å². The van der Waals surface area contributed by atoms with Gasteiger partial charge in [0.15, 0.2) is 0 Å². The van der Waals surface area contributed by atoms with E-state index in [-0.39, 0.29) is 0 Å². The van der Waals surface area contributed by atoms with Gasteiger partial charge in [0.05, 0.1) is 0 Å². The molecule has 2 atom stereocenters. The molecule has 0 aliphatic heterocycles. The van der Waals surface area contributed by atoms with E-state index in [4.69, 9.17) is 0 Å². The zero-order chi connectivity index (χ0) is 10.4. The highest BCUT2D eigenvalue weighted by Gasteiger charge is 2.14. The molecule has 0 amide bonds. The van der Waals surface area contributed by atoms with Crippen molar-refractivity contribution in [2.75, 3.05) is 12.0 Å². The van der Waals surface area contributed by atoms with E-state index in [1.165, 1.54) is 17.7 Å². The van der Waals surface area contributed by atoms with E-state index >= 15 is 0 Å². The second-order valence-electron chi connectivity index (χ2n) is 3.57. The van der Waals surface area contributed by atoms with Gasteiger partial charge in [0.1, 0.15) is 0 Å². The predicted octanol–water partition coefficient (Wildman–Crippen LogP) is 4.51. The van der Waals surface area contributed by atoms with Crippen molar-refractivity contribution in [3.63, 3.8) is 0 Å². The molecule has 0 saturated carbocycles. The normalized spacial score (nSPS) is 15.1. The van der Waals surface area contributed by atoms with Gasteiger partial charge < -0.3 is 0 Å². The Morgan fingerprint density at radius 2 is 1.93 bits per heavy atom. The van der Waals surface area contributed by atoms with Gasteiger partial charge in [-0.1, -0.05) is 53.2 Å². The van der Waals surface area contributed by atoms with Crippen molar-refractivity contribution in [1.29, 1.82) is 0 Å². The quantitative estimate of drug-likeness (QED) is 0.711. The molecule has 1 rings (SSSR count). The Labute approximate surface area is 99.6 Å². The number of benzene rings is 1. The summed E-state index contributed by atoms with van der Waals surface area (Å²) in [5.41, 5.74) is 1.39. The van der Waals surface area contributed by atoms with Crippen molar-refractivity contribution in [1.82, 2.24) is 0 Å². The summed E-state index contributed by atoms with van der Waals surface area (Å²) >= 11 is 5.69. The molecule has 0 heterocycles. The van der Waals surface area contributed by atoms with E-state index in [9.17, 15) is 0 Å². The number of rotatable bonds is 5. The summed E-state index contributed by atoms with van der Waals surface area (Å²) in [5, 5.41) is 0. The Bertz CT molecular complexity index is 248. The highest BCUT2D eigenvalue weighted by atomic mass is 79.9. The van der Waals surface area contributed by atoms with Crippen molar-refractivity contribution in [2.45, 2.75) is 18.2 Å². The minimum Gasteiger partial charge on any atom is -0.165 e. The van der Waals surface area contributed by atoms with Crippen molar-refractivity contribution < 1.29 is 0 Å². The van der Waals surface area contributed by atoms with Gasteiger partial charge in [0, 0.05) is 4.83 Å². The van der Waals surface area contributed by atoms with Crippen LogP contribution in [0.3, 0.4) is 0 Å². The lowest BCUT2D eigenvalue weighted by Crippen LogP contribution is -2.04. The number of thioether (sulfide) groups is 1. The predicted molar refractivity (Wildman–Crippen MR) is 70.3 cm³/mol. The molecule has 0 spiro atoms. The summed E-state index contributed by atoms with van der Waals surface area (Å²) in [4.78, 5) is 0.496. The minimum atomic E-state index is 0.496. The van der Waals surface area contributed by atoms with Gasteiger partial charge in [-0.05, 0) is 29.9 Å². The first-order valence-electron chi connectivity index (χ1n) is 4.93. The molecule has 0 N–H and O–H groups in total. The van der Waals surface area contributed by atoms with Gasteiger partial charge in [-0.3, -0.25) is 0 Å². The summed E-state index contributed by atoms with van der Waals surface area (Å²) in [6.07, 6.45) is 3.43. The second-order valence-corrected chi connectivity index (χ2v) is 5.54. The number of alkyl halides is 1. The lowest BCUT2D eigenvalue weighted by atomic mass is 9.99. The van der Waals surface area contributed by atoms with Crippen LogP contribution in [0.15, 0.2) is 30.3 Å². The average Bonchev–Trinajstić information content (AvgIpc) is 2.26. The maximum Gasteiger partial charge on any atom is 0.0421 e. The number of hydrogen-bond acceptors (Lipinski definition) is 1. The average molecular weight is 273 g/mol. The Morgan fingerprint density at radius 3 is 2.50 bits per heavy atom. The summed E-state index contributed by atoms with van der Waals surface area (Å²) < 4.78 is 0. The topological polar surface area (TPSA) is 0 Å². The Morgan fingerprint density at radius 1 is 1.29 bits per heavy atom. The van der Waals surface area contributed by atoms with Crippen LogP contribution in [-0.2, 0) is 0 Å². The zero-order valence-electron chi connectivity index (χ0n) is 8.74. The van der Waals surface area contributed by atoms with Crippen molar-refractivity contribution in [3.8, 4) is 0 Å². The third-order valence-corrected chi connectivity index (χ3v) is 4.47. The first-order valence-corrected chi connectivity index (χ1v) is 7.24. The third kappa shape index (κ3) is 3.66. The van der Waals surface area contributed by atoms with Gasteiger partial charge >= 0.3 is 0 Å². The molecule has 1 aromatic rings. The maximum atomic E-state index is 3.77. The molecule has 1 aromatic carbocycles. The number of hydrogen-bond donors (Lipinski definition) is 0. The van der Waals surface area contributed by atoms with E-state index in [0.717, 1.165) is 0 Å². The monoisotopic (exact) mass is 272 g/mol. The first kappa shape index (κ1) is 12.1. The Kier molecular flexibility index (Phi) is 5.64. The molecule has 0 saturated heterocycles. The highest BCUT2D eigenvalue weighted by Crippen LogP contribution is 2.33. The molecule has 14 heavy (non-hydrogen) atoms. The fraction of sp³-hybridized carbons (Fsp3) is 0.500. The van der Waals surface area contributed by atoms with Crippen LogP contribution in [0.2, 0.25) is 0 Å². The van der Waals surface area contributed by atoms with Crippen LogP contribution in [0.25, 0.3) is 0 Å².